The third-order valence-electron chi connectivity index (χ3n) is 5.35. The van der Waals surface area contributed by atoms with E-state index in [1.807, 2.05) is 55.5 Å². The van der Waals surface area contributed by atoms with Crippen molar-refractivity contribution in [2.75, 3.05) is 13.7 Å². The summed E-state index contributed by atoms with van der Waals surface area (Å²) in [5.41, 5.74) is 2.42. The molecule has 0 aliphatic carbocycles. The van der Waals surface area contributed by atoms with E-state index in [0.29, 0.717) is 27.8 Å². The monoisotopic (exact) mass is 484 g/mol. The number of rotatable bonds is 9. The van der Waals surface area contributed by atoms with E-state index in [1.54, 1.807) is 31.3 Å². The molecule has 2 amide bonds. The number of benzene rings is 3. The summed E-state index contributed by atoms with van der Waals surface area (Å²) < 4.78 is 5.80. The number of aryl methyl sites for hydroxylation is 1. The molecule has 0 spiro atoms. The van der Waals surface area contributed by atoms with Crippen LogP contribution in [0.15, 0.2) is 72.8 Å². The number of nitrogens with zero attached hydrogens (tertiary/aromatic N) is 1. The molecule has 3 aromatic carbocycles. The molecule has 172 valence electrons. The van der Waals surface area contributed by atoms with Crippen molar-refractivity contribution < 1.29 is 14.3 Å². The van der Waals surface area contributed by atoms with Crippen molar-refractivity contribution in [3.05, 3.63) is 99.5 Å². The lowest BCUT2D eigenvalue weighted by atomic mass is 10.0. The van der Waals surface area contributed by atoms with E-state index in [2.05, 4.69) is 5.32 Å². The van der Waals surface area contributed by atoms with Crippen LogP contribution in [0, 0.1) is 6.92 Å². The molecule has 0 aromatic heterocycles. The number of hydrogen-bond acceptors (Lipinski definition) is 3. The van der Waals surface area contributed by atoms with Gasteiger partial charge in [-0.25, -0.2) is 0 Å². The number of halogens is 2. The minimum atomic E-state index is -0.780. The molecule has 3 rings (SSSR count). The van der Waals surface area contributed by atoms with Crippen molar-refractivity contribution >= 4 is 35.0 Å². The Morgan fingerprint density at radius 1 is 0.939 bits per heavy atom. The number of hydrogen-bond donors (Lipinski definition) is 1. The highest BCUT2D eigenvalue weighted by molar-refractivity contribution is 6.36. The third kappa shape index (κ3) is 6.50. The third-order valence-corrected chi connectivity index (χ3v) is 6.06. The Kier molecular flexibility index (Phi) is 8.75. The molecular formula is C26H26Cl2N2O3. The SMILES string of the molecule is CNC(=O)C(Cc1ccccc1)N(Cc1c(Cl)cccc1Cl)C(=O)COc1ccccc1C. The van der Waals surface area contributed by atoms with Gasteiger partial charge in [-0.1, -0.05) is 77.8 Å². The highest BCUT2D eigenvalue weighted by Crippen LogP contribution is 2.27. The highest BCUT2D eigenvalue weighted by Gasteiger charge is 2.31. The van der Waals surface area contributed by atoms with Crippen molar-refractivity contribution in [1.29, 1.82) is 0 Å². The molecule has 1 N–H and O–H groups in total. The number of ether oxygens (including phenoxy) is 1. The summed E-state index contributed by atoms with van der Waals surface area (Å²) in [6, 6.07) is 21.4. The largest absolute Gasteiger partial charge is 0.484 e. The number of amides is 2. The molecule has 5 nitrogen and oxygen atoms in total. The fourth-order valence-electron chi connectivity index (χ4n) is 3.52. The maximum absolute atomic E-state index is 13.4. The van der Waals surface area contributed by atoms with Gasteiger partial charge in [-0.3, -0.25) is 9.59 Å². The van der Waals surface area contributed by atoms with Crippen LogP contribution in [0.2, 0.25) is 10.0 Å². The molecule has 3 aromatic rings. The smallest absolute Gasteiger partial charge is 0.261 e. The Morgan fingerprint density at radius 3 is 2.21 bits per heavy atom. The maximum atomic E-state index is 13.4. The van der Waals surface area contributed by atoms with Crippen LogP contribution in [0.4, 0.5) is 0 Å². The lowest BCUT2D eigenvalue weighted by Gasteiger charge is -2.31. The van der Waals surface area contributed by atoms with Crippen molar-refractivity contribution in [3.8, 4) is 5.75 Å². The number of nitrogens with one attached hydrogen (secondary N) is 1. The minimum absolute atomic E-state index is 0.0688. The number of para-hydroxylation sites is 1. The van der Waals surface area contributed by atoms with Crippen LogP contribution in [0.25, 0.3) is 0 Å². The zero-order chi connectivity index (χ0) is 23.8. The maximum Gasteiger partial charge on any atom is 0.261 e. The van der Waals surface area contributed by atoms with Crippen LogP contribution in [-0.4, -0.2) is 36.4 Å². The predicted molar refractivity (Wildman–Crippen MR) is 132 cm³/mol. The van der Waals surface area contributed by atoms with Gasteiger partial charge in [-0.05, 0) is 36.2 Å². The van der Waals surface area contributed by atoms with Gasteiger partial charge < -0.3 is 15.0 Å². The van der Waals surface area contributed by atoms with Crippen molar-refractivity contribution in [2.45, 2.75) is 25.9 Å². The molecule has 33 heavy (non-hydrogen) atoms. The van der Waals surface area contributed by atoms with Crippen LogP contribution in [0.3, 0.4) is 0 Å². The molecule has 7 heteroatoms. The van der Waals surface area contributed by atoms with Crippen molar-refractivity contribution in [1.82, 2.24) is 10.2 Å². The first-order chi connectivity index (χ1) is 15.9. The Hall–Kier alpha value is -3.02. The van der Waals surface area contributed by atoms with Gasteiger partial charge in [-0.2, -0.15) is 0 Å². The molecule has 0 saturated carbocycles. The van der Waals surface area contributed by atoms with Crippen LogP contribution < -0.4 is 10.1 Å². The van der Waals surface area contributed by atoms with E-state index in [4.69, 9.17) is 27.9 Å². The second-order valence-electron chi connectivity index (χ2n) is 7.60. The Labute approximate surface area is 204 Å². The van der Waals surface area contributed by atoms with E-state index in [-0.39, 0.29) is 25.0 Å². The van der Waals surface area contributed by atoms with Gasteiger partial charge in [-0.15, -0.1) is 0 Å². The summed E-state index contributed by atoms with van der Waals surface area (Å²) in [6.45, 7) is 1.75. The Bertz CT molecular complexity index is 1090. The summed E-state index contributed by atoms with van der Waals surface area (Å²) >= 11 is 12.8. The fraction of sp³-hybridized carbons (Fsp3) is 0.231. The summed E-state index contributed by atoms with van der Waals surface area (Å²) in [7, 11) is 1.55. The van der Waals surface area contributed by atoms with Gasteiger partial charge in [0.25, 0.3) is 5.91 Å². The van der Waals surface area contributed by atoms with Crippen LogP contribution in [0.1, 0.15) is 16.7 Å². The standard InChI is InChI=1S/C26H26Cl2N2O3/c1-18-9-6-7-14-24(18)33-17-25(31)30(16-20-21(27)12-8-13-22(20)28)23(26(32)29-2)15-19-10-4-3-5-11-19/h3-14,23H,15-17H2,1-2H3,(H,29,32). The lowest BCUT2D eigenvalue weighted by molar-refractivity contribution is -0.142. The molecule has 0 radical (unpaired) electrons. The average Bonchev–Trinajstić information content (AvgIpc) is 2.82. The quantitative estimate of drug-likeness (QED) is 0.461. The van der Waals surface area contributed by atoms with Gasteiger partial charge in [0, 0.05) is 35.6 Å². The van der Waals surface area contributed by atoms with E-state index < -0.39 is 6.04 Å². The summed E-state index contributed by atoms with van der Waals surface area (Å²) in [5, 5.41) is 3.53. The van der Waals surface area contributed by atoms with Crippen molar-refractivity contribution in [3.63, 3.8) is 0 Å². The molecule has 0 bridgehead atoms. The molecule has 1 atom stereocenters. The van der Waals surface area contributed by atoms with E-state index in [1.165, 1.54) is 4.90 Å². The first-order valence-corrected chi connectivity index (χ1v) is 11.3. The lowest BCUT2D eigenvalue weighted by Crippen LogP contribution is -2.51. The first kappa shape index (κ1) is 24.6. The van der Waals surface area contributed by atoms with E-state index in [0.717, 1.165) is 11.1 Å². The minimum Gasteiger partial charge on any atom is -0.484 e. The topological polar surface area (TPSA) is 58.6 Å². The average molecular weight is 485 g/mol. The second-order valence-corrected chi connectivity index (χ2v) is 8.41. The zero-order valence-corrected chi connectivity index (χ0v) is 20.1. The van der Waals surface area contributed by atoms with Crippen LogP contribution in [-0.2, 0) is 22.6 Å². The van der Waals surface area contributed by atoms with Crippen LogP contribution in [0.5, 0.6) is 5.75 Å². The van der Waals surface area contributed by atoms with Crippen molar-refractivity contribution in [2.24, 2.45) is 0 Å². The number of carbonyl (C=O) groups excluding carboxylic acids is 2. The predicted octanol–water partition coefficient (Wildman–Crippen LogP) is 5.07. The van der Waals surface area contributed by atoms with Gasteiger partial charge in [0.2, 0.25) is 5.91 Å². The normalized spacial score (nSPS) is 11.5. The molecule has 1 unspecified atom stereocenters. The molecule has 0 saturated heterocycles. The highest BCUT2D eigenvalue weighted by atomic mass is 35.5. The van der Waals surface area contributed by atoms with E-state index in [9.17, 15) is 9.59 Å². The summed E-state index contributed by atoms with van der Waals surface area (Å²) in [4.78, 5) is 27.9. The first-order valence-electron chi connectivity index (χ1n) is 10.6. The summed E-state index contributed by atoms with van der Waals surface area (Å²) in [6.07, 6.45) is 0.332. The second kappa shape index (κ2) is 11.7. The number of likely N-dealkylation sites (N-methyl/N-ethyl adjacent to an activating group) is 1. The van der Waals surface area contributed by atoms with Gasteiger partial charge in [0.1, 0.15) is 11.8 Å². The Balaban J connectivity index is 1.93. The van der Waals surface area contributed by atoms with E-state index >= 15 is 0 Å². The zero-order valence-electron chi connectivity index (χ0n) is 18.6. The molecular weight excluding hydrogens is 459 g/mol. The molecule has 0 heterocycles. The summed E-state index contributed by atoms with van der Waals surface area (Å²) in [5.74, 6) is -0.0221. The molecule has 0 aliphatic heterocycles. The van der Waals surface area contributed by atoms with Gasteiger partial charge in [0.05, 0.1) is 0 Å². The Morgan fingerprint density at radius 2 is 1.58 bits per heavy atom. The van der Waals surface area contributed by atoms with Gasteiger partial charge in [0.15, 0.2) is 6.61 Å². The van der Waals surface area contributed by atoms with Gasteiger partial charge >= 0.3 is 0 Å². The van der Waals surface area contributed by atoms with Crippen LogP contribution >= 0.6 is 23.2 Å². The molecule has 0 aliphatic rings. The molecule has 0 fully saturated rings. The fourth-order valence-corrected chi connectivity index (χ4v) is 4.03. The number of carbonyl (C=O) groups is 2.